The van der Waals surface area contributed by atoms with Crippen molar-refractivity contribution in [2.45, 2.75) is 4.90 Å². The van der Waals surface area contributed by atoms with Gasteiger partial charge in [0.1, 0.15) is 4.90 Å². The van der Waals surface area contributed by atoms with Crippen molar-refractivity contribution < 1.29 is 32.4 Å². The average molecular weight is 391 g/mol. The van der Waals surface area contributed by atoms with E-state index < -0.39 is 38.1 Å². The van der Waals surface area contributed by atoms with Gasteiger partial charge >= 0.3 is 22.1 Å². The minimum Gasteiger partial charge on any atom is -0.478 e. The van der Waals surface area contributed by atoms with Gasteiger partial charge in [0.2, 0.25) is 0 Å². The number of hydrogen-bond acceptors (Lipinski definition) is 5. The Hall–Kier alpha value is -2.29. The maximum absolute atomic E-state index is 12.2. The van der Waals surface area contributed by atoms with Crippen LogP contribution < -0.4 is 4.18 Å². The van der Waals surface area contributed by atoms with Crippen LogP contribution in [0.5, 0.6) is 5.75 Å². The summed E-state index contributed by atoms with van der Waals surface area (Å²) in [7, 11) is -4.43. The van der Waals surface area contributed by atoms with Crippen LogP contribution >= 0.6 is 23.2 Å². The van der Waals surface area contributed by atoms with Crippen LogP contribution in [0.3, 0.4) is 0 Å². The Bertz CT molecular complexity index is 938. The molecule has 0 aliphatic rings. The maximum atomic E-state index is 12.2. The molecule has 0 amide bonds. The van der Waals surface area contributed by atoms with Gasteiger partial charge in [-0.1, -0.05) is 23.2 Å². The average Bonchev–Trinajstić information content (AvgIpc) is 2.49. The first kappa shape index (κ1) is 18.1. The zero-order chi connectivity index (χ0) is 18.1. The first-order chi connectivity index (χ1) is 11.1. The normalized spacial score (nSPS) is 11.1. The molecule has 24 heavy (non-hydrogen) atoms. The van der Waals surface area contributed by atoms with Crippen molar-refractivity contribution >= 4 is 45.3 Å². The Balaban J connectivity index is 2.48. The molecule has 0 bridgehead atoms. The molecule has 0 aromatic heterocycles. The summed E-state index contributed by atoms with van der Waals surface area (Å²) in [5.41, 5.74) is -1.24. The van der Waals surface area contributed by atoms with Gasteiger partial charge in [-0.25, -0.2) is 9.59 Å². The topological polar surface area (TPSA) is 118 Å². The molecule has 0 saturated heterocycles. The van der Waals surface area contributed by atoms with Crippen molar-refractivity contribution in [3.05, 3.63) is 57.6 Å². The van der Waals surface area contributed by atoms with Crippen LogP contribution in [0.15, 0.2) is 41.3 Å². The maximum Gasteiger partial charge on any atom is 0.339 e. The monoisotopic (exact) mass is 390 g/mol. The summed E-state index contributed by atoms with van der Waals surface area (Å²) < 4.78 is 29.3. The summed E-state index contributed by atoms with van der Waals surface area (Å²) in [5.74, 6) is -3.30. The highest BCUT2D eigenvalue weighted by atomic mass is 35.5. The fraction of sp³-hybridized carbons (Fsp3) is 0. The molecule has 0 radical (unpaired) electrons. The third kappa shape index (κ3) is 3.78. The molecule has 0 aliphatic carbocycles. The molecule has 0 spiro atoms. The van der Waals surface area contributed by atoms with Gasteiger partial charge in [-0.3, -0.25) is 0 Å². The van der Waals surface area contributed by atoms with E-state index in [0.29, 0.717) is 6.07 Å². The van der Waals surface area contributed by atoms with E-state index in [1.54, 1.807) is 0 Å². The zero-order valence-corrected chi connectivity index (χ0v) is 13.9. The largest absolute Gasteiger partial charge is 0.478 e. The second-order valence-corrected chi connectivity index (χ2v) is 6.82. The van der Waals surface area contributed by atoms with Crippen LogP contribution in [-0.4, -0.2) is 30.6 Å². The molecule has 0 saturated carbocycles. The number of carboxylic acids is 2. The summed E-state index contributed by atoms with van der Waals surface area (Å²) in [6, 6.07) is 6.34. The first-order valence-electron chi connectivity index (χ1n) is 6.12. The van der Waals surface area contributed by atoms with E-state index in [-0.39, 0.29) is 15.8 Å². The van der Waals surface area contributed by atoms with Crippen molar-refractivity contribution in [2.24, 2.45) is 0 Å². The van der Waals surface area contributed by atoms with Crippen LogP contribution in [0, 0.1) is 0 Å². The Kier molecular flexibility index (Phi) is 5.02. The second kappa shape index (κ2) is 6.68. The summed E-state index contributed by atoms with van der Waals surface area (Å²) in [6.07, 6.45) is 0. The predicted octanol–water partition coefficient (Wildman–Crippen LogP) is 3.16. The molecule has 2 rings (SSSR count). The second-order valence-electron chi connectivity index (χ2n) is 4.43. The van der Waals surface area contributed by atoms with Crippen molar-refractivity contribution in [3.8, 4) is 5.75 Å². The third-order valence-corrected chi connectivity index (χ3v) is 4.59. The van der Waals surface area contributed by atoms with E-state index in [1.165, 1.54) is 18.2 Å². The number of carbonyl (C=O) groups is 2. The summed E-state index contributed by atoms with van der Waals surface area (Å²) in [5, 5.41) is 18.2. The van der Waals surface area contributed by atoms with Crippen LogP contribution in [0.1, 0.15) is 20.7 Å². The van der Waals surface area contributed by atoms with Crippen LogP contribution in [0.25, 0.3) is 0 Å². The van der Waals surface area contributed by atoms with E-state index in [9.17, 15) is 18.0 Å². The predicted molar refractivity (Wildman–Crippen MR) is 84.6 cm³/mol. The minimum atomic E-state index is -4.43. The van der Waals surface area contributed by atoms with E-state index >= 15 is 0 Å². The summed E-state index contributed by atoms with van der Waals surface area (Å²) >= 11 is 11.5. The van der Waals surface area contributed by atoms with Gasteiger partial charge in [0.05, 0.1) is 16.1 Å². The van der Waals surface area contributed by atoms with Gasteiger partial charge in [-0.2, -0.15) is 8.42 Å². The molecule has 0 fully saturated rings. The lowest BCUT2D eigenvalue weighted by Gasteiger charge is -2.10. The lowest BCUT2D eigenvalue weighted by Crippen LogP contribution is -2.14. The van der Waals surface area contributed by atoms with Crippen molar-refractivity contribution in [2.75, 3.05) is 0 Å². The smallest absolute Gasteiger partial charge is 0.339 e. The molecule has 0 heterocycles. The zero-order valence-electron chi connectivity index (χ0n) is 11.6. The van der Waals surface area contributed by atoms with Gasteiger partial charge in [0, 0.05) is 5.02 Å². The van der Waals surface area contributed by atoms with Crippen molar-refractivity contribution in [1.29, 1.82) is 0 Å². The molecule has 0 unspecified atom stereocenters. The van der Waals surface area contributed by atoms with E-state index in [0.717, 1.165) is 12.1 Å². The molecular weight excluding hydrogens is 383 g/mol. The third-order valence-electron chi connectivity index (χ3n) is 2.83. The van der Waals surface area contributed by atoms with Crippen LogP contribution in [-0.2, 0) is 10.1 Å². The molecule has 0 atom stereocenters. The van der Waals surface area contributed by atoms with Gasteiger partial charge in [-0.05, 0) is 36.4 Å². The highest BCUT2D eigenvalue weighted by Gasteiger charge is 2.24. The fourth-order valence-corrected chi connectivity index (χ4v) is 3.22. The van der Waals surface area contributed by atoms with E-state index in [1.807, 2.05) is 0 Å². The number of aromatic carboxylic acids is 2. The molecule has 7 nitrogen and oxygen atoms in total. The molecule has 126 valence electrons. The van der Waals surface area contributed by atoms with Crippen molar-refractivity contribution in [1.82, 2.24) is 0 Å². The first-order valence-corrected chi connectivity index (χ1v) is 8.28. The van der Waals surface area contributed by atoms with Gasteiger partial charge in [0.25, 0.3) is 0 Å². The molecule has 2 aromatic carbocycles. The number of carboxylic acid groups (broad SMARTS) is 2. The highest BCUT2D eigenvalue weighted by molar-refractivity contribution is 7.87. The fourth-order valence-electron chi connectivity index (χ4n) is 1.75. The summed E-state index contributed by atoms with van der Waals surface area (Å²) in [6.45, 7) is 0. The molecular formula is C14H8Cl2O7S. The van der Waals surface area contributed by atoms with Crippen molar-refractivity contribution in [3.63, 3.8) is 0 Å². The molecule has 2 N–H and O–H groups in total. The minimum absolute atomic E-state index is 0.0633. The Morgan fingerprint density at radius 3 is 2.08 bits per heavy atom. The standard InChI is InChI=1S/C14H8Cl2O7S/c15-7-1-4-12(11(16)5-7)23-24(21,22)8-2-3-9(13(17)18)10(6-8)14(19)20/h1-6H,(H,17,18)(H,19,20). The van der Waals surface area contributed by atoms with Crippen LogP contribution in [0.4, 0.5) is 0 Å². The SMILES string of the molecule is O=C(O)c1ccc(S(=O)(=O)Oc2ccc(Cl)cc2Cl)cc1C(=O)O. The van der Waals surface area contributed by atoms with Gasteiger partial charge < -0.3 is 14.4 Å². The highest BCUT2D eigenvalue weighted by Crippen LogP contribution is 2.30. The molecule has 2 aromatic rings. The lowest BCUT2D eigenvalue weighted by molar-refractivity contribution is 0.0651. The molecule has 10 heteroatoms. The number of rotatable bonds is 5. The lowest BCUT2D eigenvalue weighted by atomic mass is 10.1. The Labute approximate surface area is 146 Å². The molecule has 0 aliphatic heterocycles. The van der Waals surface area contributed by atoms with Gasteiger partial charge in [0.15, 0.2) is 5.75 Å². The Morgan fingerprint density at radius 2 is 1.54 bits per heavy atom. The number of halogens is 2. The van der Waals surface area contributed by atoms with Crippen LogP contribution in [0.2, 0.25) is 10.0 Å². The number of benzene rings is 2. The van der Waals surface area contributed by atoms with Gasteiger partial charge in [-0.15, -0.1) is 0 Å². The Morgan fingerprint density at radius 1 is 0.917 bits per heavy atom. The van der Waals surface area contributed by atoms with E-state index in [2.05, 4.69) is 0 Å². The number of hydrogen-bond donors (Lipinski definition) is 2. The summed E-state index contributed by atoms with van der Waals surface area (Å²) in [4.78, 5) is 21.6. The van der Waals surface area contributed by atoms with E-state index in [4.69, 9.17) is 37.6 Å². The quantitative estimate of drug-likeness (QED) is 0.752.